The minimum atomic E-state index is -2.12. The maximum Gasteiger partial charge on any atom is 0.339 e. The van der Waals surface area contributed by atoms with Crippen molar-refractivity contribution >= 4 is 11.9 Å². The van der Waals surface area contributed by atoms with E-state index in [4.69, 9.17) is 23.7 Å². The largest absolute Gasteiger partial charge is 0.497 e. The number of benzene rings is 1. The summed E-state index contributed by atoms with van der Waals surface area (Å²) in [6, 6.07) is 3.85. The summed E-state index contributed by atoms with van der Waals surface area (Å²) in [5.41, 5.74) is -1.06. The maximum atomic E-state index is 13.7. The quantitative estimate of drug-likeness (QED) is 0.400. The lowest BCUT2D eigenvalue weighted by atomic mass is 9.86. The third kappa shape index (κ3) is 6.34. The number of carbonyl (C=O) groups excluding carboxylic acids is 2. The predicted molar refractivity (Wildman–Crippen MR) is 141 cm³/mol. The van der Waals surface area contributed by atoms with Crippen LogP contribution in [0.15, 0.2) is 24.0 Å². The van der Waals surface area contributed by atoms with Gasteiger partial charge in [-0.3, -0.25) is 9.69 Å². The van der Waals surface area contributed by atoms with Crippen LogP contribution < -0.4 is 9.47 Å². The van der Waals surface area contributed by atoms with E-state index in [2.05, 4.69) is 11.8 Å². The predicted octanol–water partition coefficient (Wildman–Crippen LogP) is 2.83. The van der Waals surface area contributed by atoms with Gasteiger partial charge in [-0.25, -0.2) is 4.79 Å². The Balaban J connectivity index is 1.68. The lowest BCUT2D eigenvalue weighted by Crippen LogP contribution is -2.46. The van der Waals surface area contributed by atoms with Crippen molar-refractivity contribution in [2.75, 3.05) is 34.1 Å². The highest BCUT2D eigenvalue weighted by Crippen LogP contribution is 2.47. The van der Waals surface area contributed by atoms with Crippen molar-refractivity contribution < 1.29 is 43.5 Å². The van der Waals surface area contributed by atoms with E-state index in [-0.39, 0.29) is 25.2 Å². The number of hydrogen-bond donors (Lipinski definition) is 2. The van der Waals surface area contributed by atoms with Crippen molar-refractivity contribution in [2.45, 2.75) is 88.6 Å². The molecule has 0 saturated heterocycles. The zero-order valence-electron chi connectivity index (χ0n) is 23.5. The van der Waals surface area contributed by atoms with E-state index in [1.54, 1.807) is 13.8 Å². The van der Waals surface area contributed by atoms with Crippen LogP contribution in [0.3, 0.4) is 0 Å². The van der Waals surface area contributed by atoms with Gasteiger partial charge in [0.15, 0.2) is 23.2 Å². The summed E-state index contributed by atoms with van der Waals surface area (Å²) in [5, 5.41) is 21.6. The summed E-state index contributed by atoms with van der Waals surface area (Å²) in [6.45, 7) is 7.22. The van der Waals surface area contributed by atoms with E-state index < -0.39 is 35.7 Å². The third-order valence-corrected chi connectivity index (χ3v) is 7.80. The van der Waals surface area contributed by atoms with Gasteiger partial charge in [0.1, 0.15) is 5.76 Å². The van der Waals surface area contributed by atoms with Gasteiger partial charge >= 0.3 is 11.9 Å². The van der Waals surface area contributed by atoms with Gasteiger partial charge in [-0.1, -0.05) is 6.92 Å². The summed E-state index contributed by atoms with van der Waals surface area (Å²) < 4.78 is 27.9. The van der Waals surface area contributed by atoms with Crippen LogP contribution in [-0.2, 0) is 30.2 Å². The van der Waals surface area contributed by atoms with E-state index in [9.17, 15) is 19.8 Å². The highest BCUT2D eigenvalue weighted by molar-refractivity contribution is 5.86. The number of rotatable bonds is 11. The molecular formula is C29H41NO9. The van der Waals surface area contributed by atoms with Crippen LogP contribution in [-0.4, -0.2) is 84.5 Å². The molecule has 0 fully saturated rings. The first kappa shape index (κ1) is 29.2. The zero-order chi connectivity index (χ0) is 28.4. The second kappa shape index (κ2) is 11.7. The number of carbonyl (C=O) groups is 2. The Bertz CT molecular complexity index is 1090. The van der Waals surface area contributed by atoms with E-state index in [1.165, 1.54) is 14.2 Å². The molecule has 10 nitrogen and oxygen atoms in total. The topological polar surface area (TPSA) is 124 Å². The van der Waals surface area contributed by atoms with Gasteiger partial charge in [-0.2, -0.15) is 0 Å². The molecule has 4 rings (SSSR count). The number of fused-ring (bicyclic) bond motifs is 4. The van der Waals surface area contributed by atoms with Crippen LogP contribution in [0.5, 0.6) is 11.5 Å². The summed E-state index contributed by atoms with van der Waals surface area (Å²) in [7, 11) is 2.74. The van der Waals surface area contributed by atoms with Crippen LogP contribution in [0.2, 0.25) is 0 Å². The van der Waals surface area contributed by atoms with Gasteiger partial charge in [-0.15, -0.1) is 0 Å². The molecule has 0 saturated carbocycles. The second-order valence-electron chi connectivity index (χ2n) is 11.3. The first-order chi connectivity index (χ1) is 18.5. The minimum Gasteiger partial charge on any atom is -0.497 e. The normalized spacial score (nSPS) is 23.7. The Kier molecular flexibility index (Phi) is 8.78. The van der Waals surface area contributed by atoms with Gasteiger partial charge < -0.3 is 33.9 Å². The molecule has 0 spiro atoms. The minimum absolute atomic E-state index is 0.0744. The van der Waals surface area contributed by atoms with Crippen molar-refractivity contribution in [1.82, 2.24) is 4.90 Å². The number of methoxy groups -OCH3 is 2. The van der Waals surface area contributed by atoms with Gasteiger partial charge in [0, 0.05) is 18.5 Å². The lowest BCUT2D eigenvalue weighted by molar-refractivity contribution is -0.178. The van der Waals surface area contributed by atoms with Gasteiger partial charge in [-0.05, 0) is 81.8 Å². The Morgan fingerprint density at radius 1 is 1.13 bits per heavy atom. The smallest absolute Gasteiger partial charge is 0.339 e. The summed E-state index contributed by atoms with van der Waals surface area (Å²) in [4.78, 5) is 28.2. The van der Waals surface area contributed by atoms with Crippen LogP contribution in [0, 0.1) is 0 Å². The van der Waals surface area contributed by atoms with Crippen LogP contribution in [0.25, 0.3) is 0 Å². The highest BCUT2D eigenvalue weighted by Gasteiger charge is 2.50. The fourth-order valence-corrected chi connectivity index (χ4v) is 5.82. The molecule has 3 aliphatic rings. The highest BCUT2D eigenvalue weighted by atomic mass is 16.7. The Labute approximate surface area is 229 Å². The SMILES string of the molecule is CCCN1CCc2cc3c(cc2[C@@H]2[C@H](OC(=O)[C@@](O)(CCCC(C)(C)O)CC(=O)OC)C(OC)=C[C@@H]21)OCO3. The van der Waals surface area contributed by atoms with Crippen molar-refractivity contribution in [3.63, 3.8) is 0 Å². The second-order valence-corrected chi connectivity index (χ2v) is 11.3. The van der Waals surface area contributed by atoms with Crippen molar-refractivity contribution in [1.29, 1.82) is 0 Å². The molecule has 0 aromatic heterocycles. The molecule has 0 radical (unpaired) electrons. The fourth-order valence-electron chi connectivity index (χ4n) is 5.82. The third-order valence-electron chi connectivity index (χ3n) is 7.80. The van der Waals surface area contributed by atoms with E-state index in [0.717, 1.165) is 37.1 Å². The standard InChI is InChI=1S/C29H41NO9/c1-6-11-30-12-8-18-13-21-22(38-17-37-21)14-19(18)25-20(30)15-23(35-4)26(25)39-27(32)29(34,16-24(31)36-5)10-7-9-28(2,3)33/h13-15,20,25-26,33-34H,6-12,16-17H2,1-5H3/t20-,25-,26+,29+/m0/s1. The number of aliphatic hydroxyl groups is 2. The first-order valence-electron chi connectivity index (χ1n) is 13.6. The summed E-state index contributed by atoms with van der Waals surface area (Å²) >= 11 is 0. The van der Waals surface area contributed by atoms with E-state index in [0.29, 0.717) is 30.1 Å². The zero-order valence-corrected chi connectivity index (χ0v) is 23.5. The molecule has 1 aromatic rings. The number of nitrogens with zero attached hydrogens (tertiary/aromatic N) is 1. The molecule has 216 valence electrons. The molecule has 10 heteroatoms. The molecule has 39 heavy (non-hydrogen) atoms. The number of hydrogen-bond acceptors (Lipinski definition) is 10. The molecule has 1 aliphatic carbocycles. The number of esters is 2. The average molecular weight is 548 g/mol. The lowest BCUT2D eigenvalue weighted by Gasteiger charge is -2.34. The fraction of sp³-hybridized carbons (Fsp3) is 0.655. The molecule has 0 bridgehead atoms. The van der Waals surface area contributed by atoms with Gasteiger partial charge in [0.2, 0.25) is 6.79 Å². The molecule has 2 aliphatic heterocycles. The van der Waals surface area contributed by atoms with Crippen molar-refractivity contribution in [3.05, 3.63) is 35.1 Å². The molecular weight excluding hydrogens is 506 g/mol. The number of ether oxygens (including phenoxy) is 5. The Hall–Kier alpha value is -2.82. The molecule has 2 heterocycles. The molecule has 1 aromatic carbocycles. The van der Waals surface area contributed by atoms with Crippen molar-refractivity contribution in [3.8, 4) is 11.5 Å². The molecule has 0 amide bonds. The van der Waals surface area contributed by atoms with Gasteiger partial charge in [0.25, 0.3) is 0 Å². The summed E-state index contributed by atoms with van der Waals surface area (Å²) in [6.07, 6.45) is 2.89. The van der Waals surface area contributed by atoms with Gasteiger partial charge in [0.05, 0.1) is 26.2 Å². The van der Waals surface area contributed by atoms with Crippen molar-refractivity contribution in [2.24, 2.45) is 0 Å². The molecule has 4 atom stereocenters. The molecule has 0 unspecified atom stereocenters. The Morgan fingerprint density at radius 2 is 1.85 bits per heavy atom. The van der Waals surface area contributed by atoms with Crippen LogP contribution in [0.1, 0.15) is 69.9 Å². The van der Waals surface area contributed by atoms with E-state index in [1.807, 2.05) is 18.2 Å². The average Bonchev–Trinajstić information content (AvgIpc) is 3.45. The summed E-state index contributed by atoms with van der Waals surface area (Å²) in [5.74, 6) is -0.152. The van der Waals surface area contributed by atoms with Crippen LogP contribution >= 0.6 is 0 Å². The maximum absolute atomic E-state index is 13.7. The van der Waals surface area contributed by atoms with E-state index >= 15 is 0 Å². The molecule has 2 N–H and O–H groups in total. The van der Waals surface area contributed by atoms with Crippen LogP contribution in [0.4, 0.5) is 0 Å². The Morgan fingerprint density at radius 3 is 2.49 bits per heavy atom. The monoisotopic (exact) mass is 547 g/mol. The first-order valence-corrected chi connectivity index (χ1v) is 13.6.